The summed E-state index contributed by atoms with van der Waals surface area (Å²) in [6, 6.07) is 17.8. The monoisotopic (exact) mass is 400 g/mol. The Morgan fingerprint density at radius 3 is 2.67 bits per heavy atom. The summed E-state index contributed by atoms with van der Waals surface area (Å²) < 4.78 is 0. The number of nitrogens with one attached hydrogen (secondary N) is 2. The largest absolute Gasteiger partial charge is 0.378 e. The lowest BCUT2D eigenvalue weighted by atomic mass is 9.60. The minimum atomic E-state index is 0.0981. The summed E-state index contributed by atoms with van der Waals surface area (Å²) in [7, 11) is 0. The van der Waals surface area contributed by atoms with E-state index in [4.69, 9.17) is 0 Å². The van der Waals surface area contributed by atoms with Gasteiger partial charge >= 0.3 is 0 Å². The molecule has 0 radical (unpaired) electrons. The van der Waals surface area contributed by atoms with Crippen LogP contribution in [0.25, 0.3) is 0 Å². The molecule has 2 aromatic rings. The highest BCUT2D eigenvalue weighted by Gasteiger charge is 2.48. The average Bonchev–Trinajstić information content (AvgIpc) is 3.50. The summed E-state index contributed by atoms with van der Waals surface area (Å²) in [6.45, 7) is 0.833. The minimum Gasteiger partial charge on any atom is -0.378 e. The van der Waals surface area contributed by atoms with E-state index >= 15 is 0 Å². The SMILES string of the molecule is O=C(NCC1CC1)c1ccc2c(c1)C1CCC3CCCC3C1C(c1ccccc1)N2. The van der Waals surface area contributed by atoms with Gasteiger partial charge in [-0.2, -0.15) is 0 Å². The van der Waals surface area contributed by atoms with E-state index in [1.807, 2.05) is 6.07 Å². The van der Waals surface area contributed by atoms with E-state index in [0.717, 1.165) is 23.9 Å². The van der Waals surface area contributed by atoms with Crippen LogP contribution in [0.3, 0.4) is 0 Å². The molecule has 3 aliphatic carbocycles. The number of rotatable bonds is 4. The number of fused-ring (bicyclic) bond motifs is 5. The third-order valence-corrected chi connectivity index (χ3v) is 8.34. The molecule has 0 aromatic heterocycles. The highest BCUT2D eigenvalue weighted by Crippen LogP contribution is 2.58. The summed E-state index contributed by atoms with van der Waals surface area (Å²) in [5.41, 5.74) is 4.87. The van der Waals surface area contributed by atoms with Crippen LogP contribution in [-0.2, 0) is 0 Å². The van der Waals surface area contributed by atoms with Crippen LogP contribution in [-0.4, -0.2) is 12.5 Å². The smallest absolute Gasteiger partial charge is 0.251 e. The fraction of sp³-hybridized carbons (Fsp3) is 0.519. The standard InChI is InChI=1S/C27H32N2O/c30-27(28-16-17-9-10-17)20-12-14-24-23(15-20)22-13-11-18-7-4-8-21(18)25(22)26(29-24)19-5-2-1-3-6-19/h1-3,5-6,12,14-15,17-18,21-22,25-26,29H,4,7-11,13,16H2,(H,28,30). The highest BCUT2D eigenvalue weighted by molar-refractivity contribution is 5.95. The maximum absolute atomic E-state index is 12.8. The van der Waals surface area contributed by atoms with E-state index in [0.29, 0.717) is 23.8 Å². The highest BCUT2D eigenvalue weighted by atomic mass is 16.1. The van der Waals surface area contributed by atoms with Crippen molar-refractivity contribution in [3.8, 4) is 0 Å². The first kappa shape index (κ1) is 18.5. The fourth-order valence-corrected chi connectivity index (χ4v) is 6.69. The molecule has 0 spiro atoms. The van der Waals surface area contributed by atoms with Crippen molar-refractivity contribution in [3.63, 3.8) is 0 Å². The van der Waals surface area contributed by atoms with Crippen LogP contribution < -0.4 is 10.6 Å². The van der Waals surface area contributed by atoms with E-state index in [1.54, 1.807) is 0 Å². The van der Waals surface area contributed by atoms with Gasteiger partial charge in [0.05, 0.1) is 6.04 Å². The molecule has 6 rings (SSSR count). The molecule has 3 fully saturated rings. The Labute approximate surface area is 179 Å². The van der Waals surface area contributed by atoms with Gasteiger partial charge in [-0.05, 0) is 91.0 Å². The molecule has 4 aliphatic rings. The van der Waals surface area contributed by atoms with Crippen LogP contribution in [0.2, 0.25) is 0 Å². The minimum absolute atomic E-state index is 0.0981. The Kier molecular flexibility index (Phi) is 4.58. The molecule has 3 nitrogen and oxygen atoms in total. The molecule has 1 heterocycles. The summed E-state index contributed by atoms with van der Waals surface area (Å²) in [6.07, 6.45) is 9.31. The van der Waals surface area contributed by atoms with Gasteiger partial charge in [0.25, 0.3) is 5.91 Å². The predicted octanol–water partition coefficient (Wildman–Crippen LogP) is 5.90. The molecule has 1 amide bonds. The van der Waals surface area contributed by atoms with Crippen molar-refractivity contribution in [2.45, 2.75) is 56.9 Å². The number of amides is 1. The molecular weight excluding hydrogens is 368 g/mol. The first-order chi connectivity index (χ1) is 14.8. The average molecular weight is 401 g/mol. The molecule has 3 heteroatoms. The molecule has 0 bridgehead atoms. The molecule has 2 N–H and O–H groups in total. The predicted molar refractivity (Wildman–Crippen MR) is 121 cm³/mol. The van der Waals surface area contributed by atoms with E-state index < -0.39 is 0 Å². The van der Waals surface area contributed by atoms with Gasteiger partial charge in [0.1, 0.15) is 0 Å². The van der Waals surface area contributed by atoms with Gasteiger partial charge in [-0.25, -0.2) is 0 Å². The van der Waals surface area contributed by atoms with Crippen molar-refractivity contribution < 1.29 is 4.79 Å². The number of hydrogen-bond acceptors (Lipinski definition) is 2. The third-order valence-electron chi connectivity index (χ3n) is 8.34. The van der Waals surface area contributed by atoms with Crippen molar-refractivity contribution in [1.29, 1.82) is 0 Å². The van der Waals surface area contributed by atoms with Gasteiger partial charge in [-0.3, -0.25) is 4.79 Å². The second-order valence-electron chi connectivity index (χ2n) is 10.1. The van der Waals surface area contributed by atoms with E-state index in [9.17, 15) is 4.79 Å². The normalized spacial score (nSPS) is 31.8. The lowest BCUT2D eigenvalue weighted by Gasteiger charge is -2.49. The molecule has 0 saturated heterocycles. The first-order valence-corrected chi connectivity index (χ1v) is 12.0. The number of benzene rings is 2. The van der Waals surface area contributed by atoms with Gasteiger partial charge in [-0.15, -0.1) is 0 Å². The zero-order chi connectivity index (χ0) is 20.1. The van der Waals surface area contributed by atoms with Gasteiger partial charge in [0, 0.05) is 17.8 Å². The molecule has 156 valence electrons. The van der Waals surface area contributed by atoms with E-state index in [2.05, 4.69) is 53.1 Å². The number of carbonyl (C=O) groups excluding carboxylic acids is 1. The maximum Gasteiger partial charge on any atom is 0.251 e. The molecule has 30 heavy (non-hydrogen) atoms. The Morgan fingerprint density at radius 1 is 0.967 bits per heavy atom. The van der Waals surface area contributed by atoms with Crippen LogP contribution in [0.15, 0.2) is 48.5 Å². The van der Waals surface area contributed by atoms with Crippen LogP contribution in [0.1, 0.15) is 78.4 Å². The third kappa shape index (κ3) is 3.23. The van der Waals surface area contributed by atoms with Crippen LogP contribution in [0.4, 0.5) is 5.69 Å². The Balaban J connectivity index is 1.36. The van der Waals surface area contributed by atoms with Gasteiger partial charge in [0.2, 0.25) is 0 Å². The van der Waals surface area contributed by atoms with Crippen molar-refractivity contribution in [1.82, 2.24) is 5.32 Å². The Morgan fingerprint density at radius 2 is 1.83 bits per heavy atom. The zero-order valence-electron chi connectivity index (χ0n) is 17.6. The van der Waals surface area contributed by atoms with Crippen molar-refractivity contribution in [2.24, 2.45) is 23.7 Å². The Bertz CT molecular complexity index is 935. The molecule has 5 unspecified atom stereocenters. The van der Waals surface area contributed by atoms with E-state index in [1.165, 1.54) is 61.8 Å². The van der Waals surface area contributed by atoms with Crippen LogP contribution in [0.5, 0.6) is 0 Å². The molecule has 5 atom stereocenters. The molecule has 3 saturated carbocycles. The number of hydrogen-bond donors (Lipinski definition) is 2. The topological polar surface area (TPSA) is 41.1 Å². The quantitative estimate of drug-likeness (QED) is 0.670. The van der Waals surface area contributed by atoms with Gasteiger partial charge < -0.3 is 10.6 Å². The summed E-state index contributed by atoms with van der Waals surface area (Å²) in [5, 5.41) is 7.07. The lowest BCUT2D eigenvalue weighted by molar-refractivity contribution is 0.0951. The summed E-state index contributed by atoms with van der Waals surface area (Å²) >= 11 is 0. The Hall–Kier alpha value is -2.29. The lowest BCUT2D eigenvalue weighted by Crippen LogP contribution is -2.41. The molecule has 1 aliphatic heterocycles. The number of anilines is 1. The van der Waals surface area contributed by atoms with Crippen molar-refractivity contribution in [2.75, 3.05) is 11.9 Å². The summed E-state index contributed by atoms with van der Waals surface area (Å²) in [5.74, 6) is 3.70. The van der Waals surface area contributed by atoms with Crippen molar-refractivity contribution >= 4 is 11.6 Å². The van der Waals surface area contributed by atoms with Gasteiger partial charge in [-0.1, -0.05) is 43.2 Å². The second-order valence-corrected chi connectivity index (χ2v) is 10.1. The maximum atomic E-state index is 12.8. The van der Waals surface area contributed by atoms with Gasteiger partial charge in [0.15, 0.2) is 0 Å². The molecule has 2 aromatic carbocycles. The summed E-state index contributed by atoms with van der Waals surface area (Å²) in [4.78, 5) is 12.8. The second kappa shape index (κ2) is 7.44. The molecular formula is C27H32N2O. The van der Waals surface area contributed by atoms with E-state index in [-0.39, 0.29) is 5.91 Å². The zero-order valence-corrected chi connectivity index (χ0v) is 17.6. The van der Waals surface area contributed by atoms with Crippen LogP contribution in [0, 0.1) is 23.7 Å². The first-order valence-electron chi connectivity index (χ1n) is 12.0. The number of carbonyl (C=O) groups is 1. The fourth-order valence-electron chi connectivity index (χ4n) is 6.69. The van der Waals surface area contributed by atoms with Crippen molar-refractivity contribution in [3.05, 3.63) is 65.2 Å². The van der Waals surface area contributed by atoms with Crippen LogP contribution >= 0.6 is 0 Å².